The third-order valence-electron chi connectivity index (χ3n) is 2.78. The van der Waals surface area contributed by atoms with Gasteiger partial charge in [0.2, 0.25) is 0 Å². The molecule has 0 saturated heterocycles. The van der Waals surface area contributed by atoms with Crippen LogP contribution in [0.15, 0.2) is 52.9 Å². The van der Waals surface area contributed by atoms with Gasteiger partial charge in [0.15, 0.2) is 5.76 Å². The van der Waals surface area contributed by atoms with Gasteiger partial charge in [-0.2, -0.15) is 0 Å². The van der Waals surface area contributed by atoms with E-state index in [0.29, 0.717) is 21.3 Å². The zero-order valence-corrected chi connectivity index (χ0v) is 11.7. The summed E-state index contributed by atoms with van der Waals surface area (Å²) >= 11 is 11.8. The van der Waals surface area contributed by atoms with Crippen molar-refractivity contribution >= 4 is 45.8 Å². The highest BCUT2D eigenvalue weighted by atomic mass is 35.5. The maximum atomic E-state index is 12.1. The van der Waals surface area contributed by atoms with Crippen LogP contribution < -0.4 is 5.32 Å². The molecule has 1 aromatic heterocycles. The SMILES string of the molecule is O=C(Nc1cccc(Cl)c1)c1cc2cc(Cl)ccc2o1. The molecule has 1 heterocycles. The molecule has 0 aliphatic heterocycles. The van der Waals surface area contributed by atoms with Gasteiger partial charge in [-0.15, -0.1) is 0 Å². The van der Waals surface area contributed by atoms with Gasteiger partial charge < -0.3 is 9.73 Å². The summed E-state index contributed by atoms with van der Waals surface area (Å²) in [4.78, 5) is 12.1. The highest BCUT2D eigenvalue weighted by Gasteiger charge is 2.12. The van der Waals surface area contributed by atoms with E-state index in [0.717, 1.165) is 5.39 Å². The van der Waals surface area contributed by atoms with Crippen molar-refractivity contribution in [1.29, 1.82) is 0 Å². The predicted octanol–water partition coefficient (Wildman–Crippen LogP) is 4.99. The van der Waals surface area contributed by atoms with Gasteiger partial charge in [0.1, 0.15) is 5.58 Å². The average Bonchev–Trinajstić information content (AvgIpc) is 2.81. The van der Waals surface area contributed by atoms with Crippen LogP contribution >= 0.6 is 23.2 Å². The van der Waals surface area contributed by atoms with Crippen LogP contribution in [0.3, 0.4) is 0 Å². The first-order chi connectivity index (χ1) is 9.61. The molecule has 1 N–H and O–H groups in total. The monoisotopic (exact) mass is 305 g/mol. The molecule has 0 bridgehead atoms. The first-order valence-corrected chi connectivity index (χ1v) is 6.63. The average molecular weight is 306 g/mol. The van der Waals surface area contributed by atoms with E-state index in [1.807, 2.05) is 0 Å². The summed E-state index contributed by atoms with van der Waals surface area (Å²) in [6.07, 6.45) is 0. The fourth-order valence-electron chi connectivity index (χ4n) is 1.89. The maximum Gasteiger partial charge on any atom is 0.291 e. The number of anilines is 1. The molecule has 0 aliphatic rings. The zero-order chi connectivity index (χ0) is 14.1. The van der Waals surface area contributed by atoms with Crippen LogP contribution in [0, 0.1) is 0 Å². The lowest BCUT2D eigenvalue weighted by atomic mass is 10.2. The van der Waals surface area contributed by atoms with Crippen molar-refractivity contribution < 1.29 is 9.21 Å². The number of hydrogen-bond acceptors (Lipinski definition) is 2. The summed E-state index contributed by atoms with van der Waals surface area (Å²) < 4.78 is 5.48. The fraction of sp³-hybridized carbons (Fsp3) is 0. The fourth-order valence-corrected chi connectivity index (χ4v) is 2.26. The second kappa shape index (κ2) is 5.19. The number of hydrogen-bond donors (Lipinski definition) is 1. The van der Waals surface area contributed by atoms with E-state index >= 15 is 0 Å². The quantitative estimate of drug-likeness (QED) is 0.724. The van der Waals surface area contributed by atoms with Crippen molar-refractivity contribution in [3.63, 3.8) is 0 Å². The van der Waals surface area contributed by atoms with Crippen molar-refractivity contribution in [3.8, 4) is 0 Å². The molecular weight excluding hydrogens is 297 g/mol. The Balaban J connectivity index is 1.88. The van der Waals surface area contributed by atoms with Crippen molar-refractivity contribution in [2.45, 2.75) is 0 Å². The third kappa shape index (κ3) is 2.64. The molecule has 2 aromatic carbocycles. The maximum absolute atomic E-state index is 12.1. The largest absolute Gasteiger partial charge is 0.451 e. The van der Waals surface area contributed by atoms with Gasteiger partial charge in [0.25, 0.3) is 5.91 Å². The number of halogens is 2. The number of amides is 1. The number of carbonyl (C=O) groups excluding carboxylic acids is 1. The van der Waals surface area contributed by atoms with E-state index in [4.69, 9.17) is 27.6 Å². The lowest BCUT2D eigenvalue weighted by Gasteiger charge is -2.02. The van der Waals surface area contributed by atoms with E-state index in [1.54, 1.807) is 48.5 Å². The van der Waals surface area contributed by atoms with E-state index in [-0.39, 0.29) is 11.7 Å². The van der Waals surface area contributed by atoms with Crippen LogP contribution in [0.25, 0.3) is 11.0 Å². The number of benzene rings is 2. The minimum atomic E-state index is -0.334. The van der Waals surface area contributed by atoms with E-state index in [9.17, 15) is 4.79 Å². The molecule has 1 amide bonds. The normalized spacial score (nSPS) is 10.7. The van der Waals surface area contributed by atoms with Crippen LogP contribution in [0.1, 0.15) is 10.6 Å². The summed E-state index contributed by atoms with van der Waals surface area (Å²) in [6.45, 7) is 0. The first kappa shape index (κ1) is 13.0. The van der Waals surface area contributed by atoms with Crippen LogP contribution in [0.5, 0.6) is 0 Å². The molecule has 0 aliphatic carbocycles. The van der Waals surface area contributed by atoms with E-state index < -0.39 is 0 Å². The Morgan fingerprint density at radius 3 is 2.60 bits per heavy atom. The molecular formula is C15H9Cl2NO2. The first-order valence-electron chi connectivity index (χ1n) is 5.88. The molecule has 3 nitrogen and oxygen atoms in total. The van der Waals surface area contributed by atoms with Crippen molar-refractivity contribution in [1.82, 2.24) is 0 Å². The van der Waals surface area contributed by atoms with Crippen LogP contribution in [0.4, 0.5) is 5.69 Å². The molecule has 0 spiro atoms. The molecule has 0 radical (unpaired) electrons. The summed E-state index contributed by atoms with van der Waals surface area (Å²) in [6, 6.07) is 13.8. The second-order valence-corrected chi connectivity index (χ2v) is 5.13. The standard InChI is InChI=1S/C15H9Cl2NO2/c16-10-2-1-3-12(8-10)18-15(19)14-7-9-6-11(17)4-5-13(9)20-14/h1-8H,(H,18,19). The van der Waals surface area contributed by atoms with E-state index in [1.165, 1.54) is 0 Å². The molecule has 3 aromatic rings. The summed E-state index contributed by atoms with van der Waals surface area (Å²) in [5.74, 6) is -0.109. The van der Waals surface area contributed by atoms with Crippen LogP contribution in [-0.2, 0) is 0 Å². The lowest BCUT2D eigenvalue weighted by Crippen LogP contribution is -2.10. The van der Waals surface area contributed by atoms with E-state index in [2.05, 4.69) is 5.32 Å². The predicted molar refractivity (Wildman–Crippen MR) is 80.6 cm³/mol. The topological polar surface area (TPSA) is 42.2 Å². The minimum Gasteiger partial charge on any atom is -0.451 e. The Kier molecular flexibility index (Phi) is 3.38. The molecule has 3 rings (SSSR count). The summed E-state index contributed by atoms with van der Waals surface area (Å²) in [7, 11) is 0. The second-order valence-electron chi connectivity index (χ2n) is 4.26. The molecule has 5 heteroatoms. The van der Waals surface area contributed by atoms with Gasteiger partial charge in [0, 0.05) is 21.1 Å². The van der Waals surface area contributed by atoms with Crippen LogP contribution in [0.2, 0.25) is 10.0 Å². The van der Waals surface area contributed by atoms with Crippen molar-refractivity contribution in [2.75, 3.05) is 5.32 Å². The lowest BCUT2D eigenvalue weighted by molar-refractivity contribution is 0.0998. The van der Waals surface area contributed by atoms with Gasteiger partial charge in [0.05, 0.1) is 0 Å². The van der Waals surface area contributed by atoms with Gasteiger partial charge in [-0.25, -0.2) is 0 Å². The smallest absolute Gasteiger partial charge is 0.291 e. The Morgan fingerprint density at radius 1 is 1.00 bits per heavy atom. The summed E-state index contributed by atoms with van der Waals surface area (Å²) in [5.41, 5.74) is 1.23. The molecule has 0 saturated carbocycles. The van der Waals surface area contributed by atoms with Crippen molar-refractivity contribution in [2.24, 2.45) is 0 Å². The zero-order valence-electron chi connectivity index (χ0n) is 10.2. The molecule has 0 unspecified atom stereocenters. The number of nitrogens with one attached hydrogen (secondary N) is 1. The summed E-state index contributed by atoms with van der Waals surface area (Å²) in [5, 5.41) is 4.66. The van der Waals surface area contributed by atoms with Crippen LogP contribution in [-0.4, -0.2) is 5.91 Å². The van der Waals surface area contributed by atoms with Gasteiger partial charge in [-0.05, 0) is 42.5 Å². The Hall–Kier alpha value is -1.97. The number of furan rings is 1. The van der Waals surface area contributed by atoms with Gasteiger partial charge >= 0.3 is 0 Å². The number of carbonyl (C=O) groups is 1. The minimum absolute atomic E-state index is 0.224. The number of rotatable bonds is 2. The highest BCUT2D eigenvalue weighted by Crippen LogP contribution is 2.24. The number of fused-ring (bicyclic) bond motifs is 1. The van der Waals surface area contributed by atoms with Crippen molar-refractivity contribution in [3.05, 3.63) is 64.3 Å². The highest BCUT2D eigenvalue weighted by molar-refractivity contribution is 6.31. The molecule has 0 atom stereocenters. The Morgan fingerprint density at radius 2 is 1.80 bits per heavy atom. The Labute approximate surface area is 125 Å². The molecule has 100 valence electrons. The Bertz CT molecular complexity index is 795. The molecule has 0 fully saturated rings. The molecule has 20 heavy (non-hydrogen) atoms. The van der Waals surface area contributed by atoms with Gasteiger partial charge in [-0.3, -0.25) is 4.79 Å². The van der Waals surface area contributed by atoms with Gasteiger partial charge in [-0.1, -0.05) is 29.3 Å². The third-order valence-corrected chi connectivity index (χ3v) is 3.25.